The third-order valence-electron chi connectivity index (χ3n) is 3.78. The molecule has 3 heteroatoms. The van der Waals surface area contributed by atoms with Crippen molar-refractivity contribution in [3.05, 3.63) is 65.2 Å². The highest BCUT2D eigenvalue weighted by Gasteiger charge is 2.22. The molecule has 0 spiro atoms. The predicted molar refractivity (Wildman–Crippen MR) is 82.3 cm³/mol. The van der Waals surface area contributed by atoms with E-state index in [9.17, 15) is 4.79 Å². The predicted octanol–water partition coefficient (Wildman–Crippen LogP) is 3.18. The molecule has 21 heavy (non-hydrogen) atoms. The minimum absolute atomic E-state index is 0.0490. The van der Waals surface area contributed by atoms with Crippen LogP contribution in [0.15, 0.2) is 48.5 Å². The van der Waals surface area contributed by atoms with E-state index in [0.29, 0.717) is 13.0 Å². The van der Waals surface area contributed by atoms with Crippen LogP contribution in [-0.2, 0) is 11.2 Å². The molecule has 3 nitrogen and oxygen atoms in total. The number of benzene rings is 2. The molecule has 0 saturated heterocycles. The maximum Gasteiger partial charge on any atom is 0.224 e. The first-order valence-corrected chi connectivity index (χ1v) is 7.29. The lowest BCUT2D eigenvalue weighted by Crippen LogP contribution is -2.33. The van der Waals surface area contributed by atoms with Crippen molar-refractivity contribution < 1.29 is 9.53 Å². The van der Waals surface area contributed by atoms with Crippen LogP contribution < -0.4 is 10.1 Å². The lowest BCUT2D eigenvalue weighted by molar-refractivity contribution is -0.121. The maximum absolute atomic E-state index is 12.2. The molecule has 1 N–H and O–H groups in total. The van der Waals surface area contributed by atoms with Gasteiger partial charge in [-0.2, -0.15) is 0 Å². The number of carbonyl (C=O) groups is 1. The van der Waals surface area contributed by atoms with Crippen LogP contribution in [0.5, 0.6) is 5.75 Å². The molecule has 0 saturated carbocycles. The number of rotatable bonds is 3. The lowest BCUT2D eigenvalue weighted by Gasteiger charge is -2.26. The lowest BCUT2D eigenvalue weighted by atomic mass is 10.00. The van der Waals surface area contributed by atoms with Crippen LogP contribution in [-0.4, -0.2) is 12.5 Å². The molecule has 0 aliphatic carbocycles. The fourth-order valence-electron chi connectivity index (χ4n) is 2.63. The number of carbonyl (C=O) groups excluding carboxylic acids is 1. The fraction of sp³-hybridized carbons (Fsp3) is 0.278. The van der Waals surface area contributed by atoms with Gasteiger partial charge in [-0.3, -0.25) is 4.79 Å². The molecule has 0 aromatic heterocycles. The van der Waals surface area contributed by atoms with Crippen LogP contribution >= 0.6 is 0 Å². The minimum Gasteiger partial charge on any atom is -0.493 e. The van der Waals surface area contributed by atoms with E-state index in [1.807, 2.05) is 55.5 Å². The monoisotopic (exact) mass is 281 g/mol. The van der Waals surface area contributed by atoms with Gasteiger partial charge < -0.3 is 10.1 Å². The third kappa shape index (κ3) is 3.24. The zero-order valence-corrected chi connectivity index (χ0v) is 12.1. The number of para-hydroxylation sites is 1. The summed E-state index contributed by atoms with van der Waals surface area (Å²) < 4.78 is 5.62. The summed E-state index contributed by atoms with van der Waals surface area (Å²) in [6, 6.07) is 16.0. The summed E-state index contributed by atoms with van der Waals surface area (Å²) in [4.78, 5) is 12.2. The minimum atomic E-state index is 0.0490. The summed E-state index contributed by atoms with van der Waals surface area (Å²) in [7, 11) is 0. The van der Waals surface area contributed by atoms with Crippen LogP contribution in [0.2, 0.25) is 0 Å². The Morgan fingerprint density at radius 2 is 1.95 bits per heavy atom. The molecular weight excluding hydrogens is 262 g/mol. The molecule has 1 aliphatic rings. The Morgan fingerprint density at radius 1 is 1.19 bits per heavy atom. The number of ether oxygens (including phenoxy) is 1. The number of hydrogen-bond acceptors (Lipinski definition) is 2. The normalized spacial score (nSPS) is 16.7. The van der Waals surface area contributed by atoms with Gasteiger partial charge in [-0.1, -0.05) is 48.0 Å². The summed E-state index contributed by atoms with van der Waals surface area (Å²) >= 11 is 0. The van der Waals surface area contributed by atoms with Gasteiger partial charge in [-0.15, -0.1) is 0 Å². The Kier molecular flexibility index (Phi) is 3.91. The first kappa shape index (κ1) is 13.7. The Balaban J connectivity index is 1.67. The number of hydrogen-bond donors (Lipinski definition) is 1. The highest BCUT2D eigenvalue weighted by atomic mass is 16.5. The van der Waals surface area contributed by atoms with E-state index in [1.165, 1.54) is 5.56 Å². The van der Waals surface area contributed by atoms with Crippen molar-refractivity contribution in [3.63, 3.8) is 0 Å². The first-order chi connectivity index (χ1) is 10.2. The number of amides is 1. The zero-order valence-electron chi connectivity index (χ0n) is 12.1. The highest BCUT2D eigenvalue weighted by molar-refractivity contribution is 5.79. The average molecular weight is 281 g/mol. The summed E-state index contributed by atoms with van der Waals surface area (Å²) in [6.45, 7) is 2.69. The summed E-state index contributed by atoms with van der Waals surface area (Å²) in [5, 5.41) is 3.12. The van der Waals surface area contributed by atoms with Crippen molar-refractivity contribution in [1.29, 1.82) is 0 Å². The summed E-state index contributed by atoms with van der Waals surface area (Å²) in [6.07, 6.45) is 1.23. The zero-order chi connectivity index (χ0) is 14.7. The van der Waals surface area contributed by atoms with Crippen LogP contribution in [0.1, 0.15) is 29.2 Å². The van der Waals surface area contributed by atoms with Crippen molar-refractivity contribution in [2.75, 3.05) is 6.61 Å². The van der Waals surface area contributed by atoms with E-state index in [1.54, 1.807) is 0 Å². The standard InChI is InChI=1S/C18H19NO2/c1-13-6-8-14(9-7-13)12-18(20)19-16-10-11-21-17-5-3-2-4-15(16)17/h2-9,16H,10-12H2,1H3,(H,19,20)/t16-/m0/s1. The van der Waals surface area contributed by atoms with E-state index in [0.717, 1.165) is 23.3 Å². The summed E-state index contributed by atoms with van der Waals surface area (Å²) in [5.41, 5.74) is 3.32. The Morgan fingerprint density at radius 3 is 2.76 bits per heavy atom. The molecule has 1 atom stereocenters. The third-order valence-corrected chi connectivity index (χ3v) is 3.78. The number of aryl methyl sites for hydroxylation is 1. The van der Waals surface area contributed by atoms with Crippen LogP contribution in [0.4, 0.5) is 0 Å². The Labute approximate surface area is 124 Å². The van der Waals surface area contributed by atoms with Crippen LogP contribution in [0.3, 0.4) is 0 Å². The molecular formula is C18H19NO2. The SMILES string of the molecule is Cc1ccc(CC(=O)N[C@H]2CCOc3ccccc32)cc1. The van der Waals surface area contributed by atoms with Crippen molar-refractivity contribution in [1.82, 2.24) is 5.32 Å². The van der Waals surface area contributed by atoms with Crippen molar-refractivity contribution in [2.24, 2.45) is 0 Å². The van der Waals surface area contributed by atoms with Gasteiger partial charge in [0.15, 0.2) is 0 Å². The summed E-state index contributed by atoms with van der Waals surface area (Å²) in [5.74, 6) is 0.935. The number of nitrogens with one attached hydrogen (secondary N) is 1. The van der Waals surface area contributed by atoms with Crippen LogP contribution in [0.25, 0.3) is 0 Å². The van der Waals surface area contributed by atoms with Gasteiger partial charge in [-0.05, 0) is 18.6 Å². The largest absolute Gasteiger partial charge is 0.493 e. The Bertz CT molecular complexity index is 634. The molecule has 2 aromatic carbocycles. The molecule has 1 heterocycles. The second kappa shape index (κ2) is 6.00. The van der Waals surface area contributed by atoms with Crippen LogP contribution in [0, 0.1) is 6.92 Å². The molecule has 1 aliphatic heterocycles. The van der Waals surface area contributed by atoms with Gasteiger partial charge >= 0.3 is 0 Å². The molecule has 0 fully saturated rings. The van der Waals surface area contributed by atoms with Gasteiger partial charge in [0.1, 0.15) is 5.75 Å². The van der Waals surface area contributed by atoms with E-state index >= 15 is 0 Å². The second-order valence-corrected chi connectivity index (χ2v) is 5.46. The van der Waals surface area contributed by atoms with Crippen molar-refractivity contribution in [2.45, 2.75) is 25.8 Å². The Hall–Kier alpha value is -2.29. The van der Waals surface area contributed by atoms with E-state index in [-0.39, 0.29) is 11.9 Å². The van der Waals surface area contributed by atoms with Crippen molar-refractivity contribution in [3.8, 4) is 5.75 Å². The van der Waals surface area contributed by atoms with Crippen molar-refractivity contribution >= 4 is 5.91 Å². The van der Waals surface area contributed by atoms with Gasteiger partial charge in [0, 0.05) is 12.0 Å². The quantitative estimate of drug-likeness (QED) is 0.938. The number of fused-ring (bicyclic) bond motifs is 1. The first-order valence-electron chi connectivity index (χ1n) is 7.29. The molecule has 2 aromatic rings. The molecule has 0 radical (unpaired) electrons. The van der Waals surface area contributed by atoms with Gasteiger partial charge in [0.2, 0.25) is 5.91 Å². The highest BCUT2D eigenvalue weighted by Crippen LogP contribution is 2.31. The van der Waals surface area contributed by atoms with E-state index in [2.05, 4.69) is 5.32 Å². The topological polar surface area (TPSA) is 38.3 Å². The average Bonchev–Trinajstić information content (AvgIpc) is 2.50. The van der Waals surface area contributed by atoms with E-state index in [4.69, 9.17) is 4.74 Å². The molecule has 0 bridgehead atoms. The maximum atomic E-state index is 12.2. The molecule has 0 unspecified atom stereocenters. The van der Waals surface area contributed by atoms with Gasteiger partial charge in [0.25, 0.3) is 0 Å². The smallest absolute Gasteiger partial charge is 0.224 e. The van der Waals surface area contributed by atoms with Gasteiger partial charge in [0.05, 0.1) is 19.1 Å². The van der Waals surface area contributed by atoms with Gasteiger partial charge in [-0.25, -0.2) is 0 Å². The van der Waals surface area contributed by atoms with E-state index < -0.39 is 0 Å². The molecule has 3 rings (SSSR count). The second-order valence-electron chi connectivity index (χ2n) is 5.46. The molecule has 108 valence electrons. The molecule has 1 amide bonds. The fourth-order valence-corrected chi connectivity index (χ4v) is 2.63.